The molecule has 1 heterocycles. The van der Waals surface area contributed by atoms with Crippen LogP contribution in [0.3, 0.4) is 0 Å². The monoisotopic (exact) mass is 227 g/mol. The molecule has 0 saturated carbocycles. The van der Waals surface area contributed by atoms with Gasteiger partial charge in [0.2, 0.25) is 0 Å². The smallest absolute Gasteiger partial charge is 0.0900 e. The van der Waals surface area contributed by atoms with Crippen LogP contribution in [0.5, 0.6) is 0 Å². The lowest BCUT2D eigenvalue weighted by Crippen LogP contribution is -2.35. The minimum absolute atomic E-state index is 0.395. The minimum Gasteiger partial charge on any atom is -0.316 e. The Kier molecular flexibility index (Phi) is 4.70. The molecular weight excluding hydrogens is 206 g/mol. The van der Waals surface area contributed by atoms with Crippen LogP contribution in [0.4, 0.5) is 0 Å². The van der Waals surface area contributed by atoms with Crippen LogP contribution in [0.15, 0.2) is 0 Å². The minimum atomic E-state index is 0.395. The van der Waals surface area contributed by atoms with Gasteiger partial charge >= 0.3 is 0 Å². The van der Waals surface area contributed by atoms with Gasteiger partial charge in [-0.1, -0.05) is 0 Å². The second-order valence-corrected chi connectivity index (χ2v) is 5.24. The van der Waals surface area contributed by atoms with Gasteiger partial charge in [0.05, 0.1) is 10.7 Å². The molecule has 0 saturated heterocycles. The van der Waals surface area contributed by atoms with E-state index in [1.807, 2.05) is 7.05 Å². The standard InChI is InChI=1S/C11H21N3S/c1-7(12-5)6-13-8(2)11-9(3)14-10(4)15-11/h7-8,12-13H,6H2,1-5H3. The highest BCUT2D eigenvalue weighted by Gasteiger charge is 2.12. The van der Waals surface area contributed by atoms with Crippen molar-refractivity contribution in [2.75, 3.05) is 13.6 Å². The molecule has 2 atom stereocenters. The van der Waals surface area contributed by atoms with Gasteiger partial charge in [0.25, 0.3) is 0 Å². The van der Waals surface area contributed by atoms with Crippen molar-refractivity contribution in [1.82, 2.24) is 15.6 Å². The Morgan fingerprint density at radius 1 is 1.33 bits per heavy atom. The number of nitrogens with one attached hydrogen (secondary N) is 2. The maximum absolute atomic E-state index is 4.44. The third kappa shape index (κ3) is 3.55. The molecule has 1 aromatic heterocycles. The third-order valence-electron chi connectivity index (χ3n) is 2.56. The number of aryl methyl sites for hydroxylation is 2. The molecule has 0 aliphatic heterocycles. The van der Waals surface area contributed by atoms with Gasteiger partial charge in [0, 0.05) is 23.5 Å². The van der Waals surface area contributed by atoms with E-state index in [-0.39, 0.29) is 0 Å². The fraction of sp³-hybridized carbons (Fsp3) is 0.727. The van der Waals surface area contributed by atoms with Crippen molar-refractivity contribution in [3.63, 3.8) is 0 Å². The Morgan fingerprint density at radius 2 is 2.00 bits per heavy atom. The fourth-order valence-corrected chi connectivity index (χ4v) is 2.45. The molecule has 3 nitrogen and oxygen atoms in total. The zero-order chi connectivity index (χ0) is 11.4. The molecule has 1 aromatic rings. The second kappa shape index (κ2) is 5.58. The van der Waals surface area contributed by atoms with E-state index >= 15 is 0 Å². The van der Waals surface area contributed by atoms with E-state index in [9.17, 15) is 0 Å². The predicted molar refractivity (Wildman–Crippen MR) is 66.5 cm³/mol. The maximum Gasteiger partial charge on any atom is 0.0900 e. The summed E-state index contributed by atoms with van der Waals surface area (Å²) in [6, 6.07) is 0.897. The van der Waals surface area contributed by atoms with E-state index in [1.165, 1.54) is 4.88 Å². The number of aromatic nitrogens is 1. The molecule has 0 aliphatic carbocycles. The normalized spacial score (nSPS) is 15.3. The summed E-state index contributed by atoms with van der Waals surface area (Å²) >= 11 is 1.79. The number of thiazole rings is 1. The molecule has 0 spiro atoms. The topological polar surface area (TPSA) is 37.0 Å². The molecule has 86 valence electrons. The second-order valence-electron chi connectivity index (χ2n) is 4.00. The van der Waals surface area contributed by atoms with E-state index in [0.717, 1.165) is 17.2 Å². The summed E-state index contributed by atoms with van der Waals surface area (Å²) in [5.41, 5.74) is 1.16. The fourth-order valence-electron chi connectivity index (χ4n) is 1.50. The van der Waals surface area contributed by atoms with Crippen LogP contribution in [0, 0.1) is 13.8 Å². The van der Waals surface area contributed by atoms with Gasteiger partial charge < -0.3 is 10.6 Å². The Morgan fingerprint density at radius 3 is 2.47 bits per heavy atom. The molecule has 0 aromatic carbocycles. The summed E-state index contributed by atoms with van der Waals surface area (Å²) in [5.74, 6) is 0. The summed E-state index contributed by atoms with van der Waals surface area (Å²) in [6.45, 7) is 9.49. The van der Waals surface area contributed by atoms with Crippen LogP contribution in [0.25, 0.3) is 0 Å². The molecule has 0 bridgehead atoms. The van der Waals surface area contributed by atoms with Crippen LogP contribution < -0.4 is 10.6 Å². The first-order chi connectivity index (χ1) is 7.04. The predicted octanol–water partition coefficient (Wildman–Crippen LogP) is 2.02. The zero-order valence-corrected chi connectivity index (χ0v) is 11.0. The van der Waals surface area contributed by atoms with Gasteiger partial charge in [0.15, 0.2) is 0 Å². The van der Waals surface area contributed by atoms with E-state index in [4.69, 9.17) is 0 Å². The lowest BCUT2D eigenvalue weighted by molar-refractivity contribution is 0.496. The van der Waals surface area contributed by atoms with Crippen molar-refractivity contribution in [2.24, 2.45) is 0 Å². The maximum atomic E-state index is 4.44. The molecular formula is C11H21N3S. The average Bonchev–Trinajstić information content (AvgIpc) is 2.53. The van der Waals surface area contributed by atoms with Crippen molar-refractivity contribution in [2.45, 2.75) is 39.8 Å². The highest BCUT2D eigenvalue weighted by atomic mass is 32.1. The summed E-state index contributed by atoms with van der Waals surface area (Å²) in [7, 11) is 1.99. The lowest BCUT2D eigenvalue weighted by atomic mass is 10.2. The first-order valence-corrected chi connectivity index (χ1v) is 6.20. The first-order valence-electron chi connectivity index (χ1n) is 5.39. The van der Waals surface area contributed by atoms with E-state index in [1.54, 1.807) is 11.3 Å². The molecule has 4 heteroatoms. The SMILES string of the molecule is CNC(C)CNC(C)c1sc(C)nc1C. The Labute approximate surface area is 96.3 Å². The largest absolute Gasteiger partial charge is 0.316 e. The number of nitrogens with zero attached hydrogens (tertiary/aromatic N) is 1. The molecule has 2 N–H and O–H groups in total. The Balaban J connectivity index is 2.53. The molecule has 0 radical (unpaired) electrons. The van der Waals surface area contributed by atoms with Crippen LogP contribution in [-0.4, -0.2) is 24.6 Å². The Bertz CT molecular complexity index is 309. The summed E-state index contributed by atoms with van der Waals surface area (Å²) in [5, 5.41) is 7.88. The van der Waals surface area contributed by atoms with Gasteiger partial charge in [-0.25, -0.2) is 4.98 Å². The van der Waals surface area contributed by atoms with Gasteiger partial charge in [-0.2, -0.15) is 0 Å². The van der Waals surface area contributed by atoms with E-state index < -0.39 is 0 Å². The van der Waals surface area contributed by atoms with E-state index in [0.29, 0.717) is 12.1 Å². The van der Waals surface area contributed by atoms with Gasteiger partial charge in [0.1, 0.15) is 0 Å². The van der Waals surface area contributed by atoms with Crippen molar-refractivity contribution in [1.29, 1.82) is 0 Å². The summed E-state index contributed by atoms with van der Waals surface area (Å²) in [6.07, 6.45) is 0. The van der Waals surface area contributed by atoms with Gasteiger partial charge in [-0.3, -0.25) is 0 Å². The highest BCUT2D eigenvalue weighted by Crippen LogP contribution is 2.24. The highest BCUT2D eigenvalue weighted by molar-refractivity contribution is 7.11. The Hall–Kier alpha value is -0.450. The molecule has 0 aliphatic rings. The summed E-state index contributed by atoms with van der Waals surface area (Å²) in [4.78, 5) is 5.80. The average molecular weight is 227 g/mol. The number of hydrogen-bond acceptors (Lipinski definition) is 4. The van der Waals surface area contributed by atoms with Crippen molar-refractivity contribution in [3.05, 3.63) is 15.6 Å². The third-order valence-corrected chi connectivity index (χ3v) is 3.81. The number of hydrogen-bond donors (Lipinski definition) is 2. The first kappa shape index (κ1) is 12.6. The molecule has 0 fully saturated rings. The molecule has 1 rings (SSSR count). The number of likely N-dealkylation sites (N-methyl/N-ethyl adjacent to an activating group) is 1. The van der Waals surface area contributed by atoms with Gasteiger partial charge in [-0.05, 0) is 34.7 Å². The van der Waals surface area contributed by atoms with Gasteiger partial charge in [-0.15, -0.1) is 11.3 Å². The molecule has 0 amide bonds. The van der Waals surface area contributed by atoms with Crippen molar-refractivity contribution < 1.29 is 0 Å². The van der Waals surface area contributed by atoms with Crippen LogP contribution >= 0.6 is 11.3 Å². The lowest BCUT2D eigenvalue weighted by Gasteiger charge is -2.16. The molecule has 15 heavy (non-hydrogen) atoms. The summed E-state index contributed by atoms with van der Waals surface area (Å²) < 4.78 is 0. The zero-order valence-electron chi connectivity index (χ0n) is 10.2. The van der Waals surface area contributed by atoms with E-state index in [2.05, 4.69) is 43.3 Å². The van der Waals surface area contributed by atoms with Crippen molar-refractivity contribution >= 4 is 11.3 Å². The molecule has 2 unspecified atom stereocenters. The quantitative estimate of drug-likeness (QED) is 0.808. The number of rotatable bonds is 5. The van der Waals surface area contributed by atoms with Crippen LogP contribution in [0.2, 0.25) is 0 Å². The van der Waals surface area contributed by atoms with Crippen LogP contribution in [-0.2, 0) is 0 Å². The van der Waals surface area contributed by atoms with Crippen LogP contribution in [0.1, 0.15) is 35.5 Å². The van der Waals surface area contributed by atoms with Crippen molar-refractivity contribution in [3.8, 4) is 0 Å².